The Morgan fingerprint density at radius 2 is 1.77 bits per heavy atom. The van der Waals surface area contributed by atoms with Crippen LogP contribution < -0.4 is 10.7 Å². The van der Waals surface area contributed by atoms with Gasteiger partial charge < -0.3 is 10.1 Å². The molecule has 9 heteroatoms. The van der Waals surface area contributed by atoms with E-state index in [1.54, 1.807) is 36.4 Å². The third-order valence-corrected chi connectivity index (χ3v) is 5.01. The van der Waals surface area contributed by atoms with E-state index in [2.05, 4.69) is 26.7 Å². The van der Waals surface area contributed by atoms with E-state index in [0.717, 1.165) is 15.0 Å². The second-order valence-corrected chi connectivity index (χ2v) is 7.79. The van der Waals surface area contributed by atoms with E-state index < -0.39 is 36.2 Å². The molecule has 0 unspecified atom stereocenters. The van der Waals surface area contributed by atoms with Crippen molar-refractivity contribution in [3.8, 4) is 0 Å². The molecular weight excluding hydrogens is 454 g/mol. The van der Waals surface area contributed by atoms with Gasteiger partial charge in [-0.15, -0.1) is 0 Å². The van der Waals surface area contributed by atoms with Gasteiger partial charge in [-0.05, 0) is 43.3 Å². The van der Waals surface area contributed by atoms with E-state index in [-0.39, 0.29) is 13.0 Å². The summed E-state index contributed by atoms with van der Waals surface area (Å²) in [5.41, 5.74) is 4.53. The lowest BCUT2D eigenvalue weighted by molar-refractivity contribution is -0.151. The molecule has 2 aromatic rings. The standard InChI is InChI=1S/C21H20BrN3O5/c1-13-2-8-17(9-3-13)23-18(26)12-30-21(29)15-10-19(27)25(11-15)24-20(28)14-4-6-16(22)7-5-14/h2-9,15H,10-12H2,1H3,(H,23,26)(H,24,28)/t15-/m1/s1. The number of halogens is 1. The van der Waals surface area contributed by atoms with E-state index in [4.69, 9.17) is 4.74 Å². The summed E-state index contributed by atoms with van der Waals surface area (Å²) in [4.78, 5) is 48.6. The van der Waals surface area contributed by atoms with Crippen LogP contribution in [0.5, 0.6) is 0 Å². The van der Waals surface area contributed by atoms with Gasteiger partial charge in [-0.1, -0.05) is 33.6 Å². The van der Waals surface area contributed by atoms with Gasteiger partial charge in [-0.25, -0.2) is 0 Å². The van der Waals surface area contributed by atoms with E-state index in [1.165, 1.54) is 0 Å². The lowest BCUT2D eigenvalue weighted by Gasteiger charge is -2.17. The predicted octanol–water partition coefficient (Wildman–Crippen LogP) is 2.43. The van der Waals surface area contributed by atoms with Crippen LogP contribution in [0.4, 0.5) is 5.69 Å². The molecule has 0 bridgehead atoms. The fraction of sp³-hybridized carbons (Fsp3) is 0.238. The maximum absolute atomic E-state index is 12.3. The average molecular weight is 474 g/mol. The van der Waals surface area contributed by atoms with Crippen LogP contribution >= 0.6 is 15.9 Å². The molecular formula is C21H20BrN3O5. The van der Waals surface area contributed by atoms with Crippen molar-refractivity contribution in [3.63, 3.8) is 0 Å². The Labute approximate surface area is 181 Å². The Balaban J connectivity index is 1.47. The van der Waals surface area contributed by atoms with Crippen LogP contribution in [-0.2, 0) is 19.1 Å². The minimum Gasteiger partial charge on any atom is -0.455 e. The van der Waals surface area contributed by atoms with Gasteiger partial charge in [0.05, 0.1) is 12.5 Å². The Kier molecular flexibility index (Phi) is 6.83. The summed E-state index contributed by atoms with van der Waals surface area (Å²) >= 11 is 3.29. The summed E-state index contributed by atoms with van der Waals surface area (Å²) in [7, 11) is 0. The highest BCUT2D eigenvalue weighted by Gasteiger charge is 2.36. The molecule has 0 radical (unpaired) electrons. The lowest BCUT2D eigenvalue weighted by atomic mass is 10.1. The number of aryl methyl sites for hydroxylation is 1. The second-order valence-electron chi connectivity index (χ2n) is 6.88. The third-order valence-electron chi connectivity index (χ3n) is 4.48. The summed E-state index contributed by atoms with van der Waals surface area (Å²) < 4.78 is 5.86. The summed E-state index contributed by atoms with van der Waals surface area (Å²) in [5, 5.41) is 3.73. The molecule has 0 spiro atoms. The van der Waals surface area contributed by atoms with Gasteiger partial charge in [0, 0.05) is 22.1 Å². The number of anilines is 1. The minimum atomic E-state index is -0.755. The topological polar surface area (TPSA) is 105 Å². The molecule has 30 heavy (non-hydrogen) atoms. The normalized spacial score (nSPS) is 15.6. The number of rotatable bonds is 6. The van der Waals surface area contributed by atoms with E-state index in [9.17, 15) is 19.2 Å². The summed E-state index contributed by atoms with van der Waals surface area (Å²) in [6.07, 6.45) is -0.0982. The van der Waals surface area contributed by atoms with Crippen LogP contribution in [0.15, 0.2) is 53.0 Å². The number of hydrazine groups is 1. The summed E-state index contributed by atoms with van der Waals surface area (Å²) in [5.74, 6) is -2.75. The first-order chi connectivity index (χ1) is 14.3. The Morgan fingerprint density at radius 1 is 1.10 bits per heavy atom. The molecule has 1 saturated heterocycles. The molecule has 2 aromatic carbocycles. The van der Waals surface area contributed by atoms with Crippen LogP contribution in [-0.4, -0.2) is 41.9 Å². The van der Waals surface area contributed by atoms with Gasteiger partial charge >= 0.3 is 5.97 Å². The van der Waals surface area contributed by atoms with Crippen molar-refractivity contribution in [3.05, 3.63) is 64.1 Å². The smallest absolute Gasteiger partial charge is 0.311 e. The molecule has 8 nitrogen and oxygen atoms in total. The van der Waals surface area contributed by atoms with Gasteiger partial charge in [0.15, 0.2) is 6.61 Å². The molecule has 0 saturated carbocycles. The number of carbonyl (C=O) groups is 4. The van der Waals surface area contributed by atoms with Crippen LogP contribution in [0.3, 0.4) is 0 Å². The van der Waals surface area contributed by atoms with E-state index in [1.807, 2.05) is 19.1 Å². The first-order valence-electron chi connectivity index (χ1n) is 9.22. The van der Waals surface area contributed by atoms with Crippen molar-refractivity contribution < 1.29 is 23.9 Å². The third kappa shape index (κ3) is 5.66. The van der Waals surface area contributed by atoms with Gasteiger partial charge in [0.1, 0.15) is 0 Å². The maximum atomic E-state index is 12.3. The number of ether oxygens (including phenoxy) is 1. The minimum absolute atomic E-state index is 0.0144. The van der Waals surface area contributed by atoms with Crippen LogP contribution in [0, 0.1) is 12.8 Å². The van der Waals surface area contributed by atoms with Gasteiger partial charge in [0.25, 0.3) is 11.8 Å². The van der Waals surface area contributed by atoms with Crippen molar-refractivity contribution >= 4 is 45.3 Å². The first-order valence-corrected chi connectivity index (χ1v) is 10.0. The zero-order chi connectivity index (χ0) is 21.7. The fourth-order valence-electron chi connectivity index (χ4n) is 2.85. The molecule has 2 N–H and O–H groups in total. The number of esters is 1. The fourth-order valence-corrected chi connectivity index (χ4v) is 3.11. The molecule has 1 heterocycles. The Bertz CT molecular complexity index is 960. The van der Waals surface area contributed by atoms with Crippen molar-refractivity contribution in [1.29, 1.82) is 0 Å². The average Bonchev–Trinajstić information content (AvgIpc) is 3.09. The van der Waals surface area contributed by atoms with Crippen molar-refractivity contribution in [1.82, 2.24) is 10.4 Å². The Hall–Kier alpha value is -3.20. The number of amides is 3. The van der Waals surface area contributed by atoms with E-state index in [0.29, 0.717) is 11.3 Å². The first kappa shape index (κ1) is 21.5. The molecule has 156 valence electrons. The van der Waals surface area contributed by atoms with Gasteiger partial charge in [-0.2, -0.15) is 0 Å². The molecule has 0 aromatic heterocycles. The molecule has 1 aliphatic heterocycles. The number of benzene rings is 2. The highest BCUT2D eigenvalue weighted by molar-refractivity contribution is 9.10. The number of carbonyl (C=O) groups excluding carboxylic acids is 4. The molecule has 3 amide bonds. The summed E-state index contributed by atoms with van der Waals surface area (Å²) in [6.45, 7) is 1.46. The highest BCUT2D eigenvalue weighted by atomic mass is 79.9. The zero-order valence-corrected chi connectivity index (χ0v) is 17.8. The monoisotopic (exact) mass is 473 g/mol. The molecule has 1 fully saturated rings. The zero-order valence-electron chi connectivity index (χ0n) is 16.2. The highest BCUT2D eigenvalue weighted by Crippen LogP contribution is 2.18. The molecule has 3 rings (SSSR count). The number of hydrogen-bond donors (Lipinski definition) is 2. The van der Waals surface area contributed by atoms with Crippen LogP contribution in [0.2, 0.25) is 0 Å². The molecule has 1 atom stereocenters. The summed E-state index contributed by atoms with van der Waals surface area (Å²) in [6, 6.07) is 13.8. The predicted molar refractivity (Wildman–Crippen MR) is 112 cm³/mol. The lowest BCUT2D eigenvalue weighted by Crippen LogP contribution is -2.43. The number of nitrogens with zero attached hydrogens (tertiary/aromatic N) is 1. The molecule has 0 aliphatic carbocycles. The van der Waals surface area contributed by atoms with Crippen molar-refractivity contribution in [2.75, 3.05) is 18.5 Å². The SMILES string of the molecule is Cc1ccc(NC(=O)COC(=O)[C@@H]2CC(=O)N(NC(=O)c3ccc(Br)cc3)C2)cc1. The Morgan fingerprint density at radius 3 is 2.43 bits per heavy atom. The maximum Gasteiger partial charge on any atom is 0.311 e. The quantitative estimate of drug-likeness (QED) is 0.626. The van der Waals surface area contributed by atoms with Gasteiger partial charge in [-0.3, -0.25) is 29.6 Å². The molecule has 1 aliphatic rings. The van der Waals surface area contributed by atoms with Crippen LogP contribution in [0.1, 0.15) is 22.3 Å². The second kappa shape index (κ2) is 9.53. The largest absolute Gasteiger partial charge is 0.455 e. The van der Waals surface area contributed by atoms with Crippen molar-refractivity contribution in [2.24, 2.45) is 5.92 Å². The van der Waals surface area contributed by atoms with Crippen molar-refractivity contribution in [2.45, 2.75) is 13.3 Å². The van der Waals surface area contributed by atoms with E-state index >= 15 is 0 Å². The number of nitrogens with one attached hydrogen (secondary N) is 2. The number of hydrogen-bond acceptors (Lipinski definition) is 5. The van der Waals surface area contributed by atoms with Crippen LogP contribution in [0.25, 0.3) is 0 Å². The van der Waals surface area contributed by atoms with Gasteiger partial charge in [0.2, 0.25) is 5.91 Å².